The fourth-order valence-electron chi connectivity index (χ4n) is 0.289. The molecule has 0 aliphatic rings. The van der Waals surface area contributed by atoms with E-state index in [1.54, 1.807) is 0 Å². The Balaban J connectivity index is 3.58. The smallest absolute Gasteiger partial charge is 0.155 e. The van der Waals surface area contributed by atoms with Gasteiger partial charge in [-0.05, 0) is 5.92 Å². The Kier molecular flexibility index (Phi) is 2.89. The van der Waals surface area contributed by atoms with Gasteiger partial charge in [0.15, 0.2) is 6.00 Å². The van der Waals surface area contributed by atoms with Crippen LogP contribution in [-0.2, 0) is 0 Å². The maximum Gasteiger partial charge on any atom is 0.155 e. The zero-order chi connectivity index (χ0) is 6.62. The van der Waals surface area contributed by atoms with E-state index in [9.17, 15) is 0 Å². The molecule has 0 aliphatic carbocycles. The monoisotopic (exact) mass is 132 g/mol. The van der Waals surface area contributed by atoms with E-state index in [1.807, 2.05) is 14.1 Å². The fraction of sp³-hybridized carbons (Fsp3) is 0.667. The van der Waals surface area contributed by atoms with Crippen molar-refractivity contribution in [3.05, 3.63) is 0 Å². The third-order valence-corrected chi connectivity index (χ3v) is 1.49. The van der Waals surface area contributed by atoms with Crippen molar-refractivity contribution in [2.45, 2.75) is 0 Å². The Hall–Kier alpha value is -0.190. The van der Waals surface area contributed by atoms with Crippen LogP contribution in [0.5, 0.6) is 0 Å². The van der Waals surface area contributed by atoms with E-state index in [0.29, 0.717) is 17.0 Å². The molecule has 0 saturated carbocycles. The largest absolute Gasteiger partial charge is 0.306 e. The molecule has 0 fully saturated rings. The number of rotatable bonds is 2. The zero-order valence-electron chi connectivity index (χ0n) is 5.32. The van der Waals surface area contributed by atoms with Gasteiger partial charge in [-0.25, -0.2) is 0 Å². The van der Waals surface area contributed by atoms with Gasteiger partial charge >= 0.3 is 0 Å². The highest BCUT2D eigenvalue weighted by Gasteiger charge is 2.08. The molecular formula is C6H11ClN+. The number of alkyl halides is 1. The lowest BCUT2D eigenvalue weighted by Gasteiger charge is -2.23. The number of halogens is 1. The molecule has 0 N–H and O–H groups in total. The second kappa shape index (κ2) is 2.96. The average molecular weight is 133 g/mol. The SMILES string of the molecule is C#CC[N+](C)(C)CCl. The topological polar surface area (TPSA) is 0 Å². The van der Waals surface area contributed by atoms with Gasteiger partial charge in [0.25, 0.3) is 0 Å². The van der Waals surface area contributed by atoms with Gasteiger partial charge in [0.1, 0.15) is 6.54 Å². The highest BCUT2D eigenvalue weighted by atomic mass is 35.5. The first-order valence-corrected chi connectivity index (χ1v) is 2.97. The summed E-state index contributed by atoms with van der Waals surface area (Å²) in [7, 11) is 3.99. The second-order valence-corrected chi connectivity index (χ2v) is 2.66. The van der Waals surface area contributed by atoms with Crippen LogP contribution in [0, 0.1) is 12.3 Å². The molecule has 0 aromatic carbocycles. The lowest BCUT2D eigenvalue weighted by molar-refractivity contribution is -0.871. The van der Waals surface area contributed by atoms with Crippen LogP contribution in [0.25, 0.3) is 0 Å². The Labute approximate surface area is 55.8 Å². The molecule has 1 nitrogen and oxygen atoms in total. The lowest BCUT2D eigenvalue weighted by Crippen LogP contribution is -2.38. The van der Waals surface area contributed by atoms with E-state index in [-0.39, 0.29) is 0 Å². The fourth-order valence-corrected chi connectivity index (χ4v) is 0.374. The van der Waals surface area contributed by atoms with Crippen molar-refractivity contribution < 1.29 is 4.48 Å². The van der Waals surface area contributed by atoms with Crippen molar-refractivity contribution in [3.8, 4) is 12.3 Å². The predicted molar refractivity (Wildman–Crippen MR) is 36.5 cm³/mol. The van der Waals surface area contributed by atoms with Crippen LogP contribution < -0.4 is 0 Å². The lowest BCUT2D eigenvalue weighted by atomic mass is 10.5. The first-order valence-electron chi connectivity index (χ1n) is 2.44. The molecule has 0 spiro atoms. The Morgan fingerprint density at radius 3 is 2.25 bits per heavy atom. The van der Waals surface area contributed by atoms with E-state index < -0.39 is 0 Å². The van der Waals surface area contributed by atoms with Gasteiger partial charge in [0, 0.05) is 0 Å². The van der Waals surface area contributed by atoms with E-state index in [2.05, 4.69) is 5.92 Å². The summed E-state index contributed by atoms with van der Waals surface area (Å²) < 4.78 is 0.693. The first-order chi connectivity index (χ1) is 3.62. The van der Waals surface area contributed by atoms with Crippen LogP contribution in [0.3, 0.4) is 0 Å². The second-order valence-electron chi connectivity index (χ2n) is 2.42. The van der Waals surface area contributed by atoms with Gasteiger partial charge in [-0.2, -0.15) is 0 Å². The van der Waals surface area contributed by atoms with Crippen molar-refractivity contribution in [2.24, 2.45) is 0 Å². The molecular weight excluding hydrogens is 122 g/mol. The number of hydrogen-bond acceptors (Lipinski definition) is 0. The molecule has 8 heavy (non-hydrogen) atoms. The summed E-state index contributed by atoms with van der Waals surface area (Å²) in [4.78, 5) is 0. The van der Waals surface area contributed by atoms with Crippen LogP contribution in [0.2, 0.25) is 0 Å². The predicted octanol–water partition coefficient (Wildman–Crippen LogP) is 0.892. The van der Waals surface area contributed by atoms with Gasteiger partial charge in [-0.15, -0.1) is 6.42 Å². The summed E-state index contributed by atoms with van der Waals surface area (Å²) in [6.07, 6.45) is 5.07. The molecule has 0 aromatic heterocycles. The molecule has 0 radical (unpaired) electrons. The highest BCUT2D eigenvalue weighted by Crippen LogP contribution is 1.95. The van der Waals surface area contributed by atoms with Crippen molar-refractivity contribution in [2.75, 3.05) is 26.6 Å². The Bertz CT molecular complexity index is 102. The molecule has 0 rings (SSSR count). The molecule has 2 heteroatoms. The standard InChI is InChI=1S/C6H11ClN/c1-4-5-8(2,3)6-7/h1H,5-6H2,2-3H3/q+1. The van der Waals surface area contributed by atoms with Crippen molar-refractivity contribution in [1.82, 2.24) is 0 Å². The molecule has 0 saturated heterocycles. The summed E-state index contributed by atoms with van der Waals surface area (Å²) >= 11 is 5.55. The number of quaternary nitrogens is 1. The van der Waals surface area contributed by atoms with Gasteiger partial charge in [-0.3, -0.25) is 0 Å². The summed E-state index contributed by atoms with van der Waals surface area (Å²) in [6.45, 7) is 0.698. The number of nitrogens with zero attached hydrogens (tertiary/aromatic N) is 1. The summed E-state index contributed by atoms with van der Waals surface area (Å²) in [5, 5.41) is 0. The first kappa shape index (κ1) is 7.81. The molecule has 0 atom stereocenters. The van der Waals surface area contributed by atoms with Crippen LogP contribution in [0.4, 0.5) is 0 Å². The van der Waals surface area contributed by atoms with Gasteiger partial charge in [-0.1, -0.05) is 11.6 Å². The zero-order valence-corrected chi connectivity index (χ0v) is 6.07. The number of hydrogen-bond donors (Lipinski definition) is 0. The minimum Gasteiger partial charge on any atom is -0.306 e. The molecule has 46 valence electrons. The molecule has 0 aromatic rings. The van der Waals surface area contributed by atoms with Gasteiger partial charge in [0.05, 0.1) is 14.1 Å². The van der Waals surface area contributed by atoms with Crippen LogP contribution in [-0.4, -0.2) is 31.1 Å². The quantitative estimate of drug-likeness (QED) is 0.227. The van der Waals surface area contributed by atoms with Crippen LogP contribution >= 0.6 is 11.6 Å². The van der Waals surface area contributed by atoms with E-state index in [0.717, 1.165) is 0 Å². The summed E-state index contributed by atoms with van der Waals surface area (Å²) in [5.41, 5.74) is 0. The molecule has 0 unspecified atom stereocenters. The average Bonchev–Trinajstić information content (AvgIpc) is 1.67. The number of terminal acetylenes is 1. The summed E-state index contributed by atoms with van der Waals surface area (Å²) in [5.74, 6) is 2.55. The van der Waals surface area contributed by atoms with Gasteiger partial charge in [0.2, 0.25) is 0 Å². The van der Waals surface area contributed by atoms with E-state index in [4.69, 9.17) is 18.0 Å². The third kappa shape index (κ3) is 2.90. The molecule has 0 amide bonds. The Morgan fingerprint density at radius 2 is 2.12 bits per heavy atom. The normalized spacial score (nSPS) is 10.8. The highest BCUT2D eigenvalue weighted by molar-refractivity contribution is 6.16. The Morgan fingerprint density at radius 1 is 1.62 bits per heavy atom. The maximum absolute atomic E-state index is 5.55. The minimum atomic E-state index is 0.574. The van der Waals surface area contributed by atoms with Crippen LogP contribution in [0.15, 0.2) is 0 Å². The molecule has 0 heterocycles. The summed E-state index contributed by atoms with van der Waals surface area (Å²) in [6, 6.07) is 0.574. The minimum absolute atomic E-state index is 0.574. The van der Waals surface area contributed by atoms with Crippen molar-refractivity contribution in [3.63, 3.8) is 0 Å². The third-order valence-electron chi connectivity index (χ3n) is 0.843. The molecule has 0 aliphatic heterocycles. The maximum atomic E-state index is 5.55. The van der Waals surface area contributed by atoms with E-state index >= 15 is 0 Å². The van der Waals surface area contributed by atoms with Crippen molar-refractivity contribution >= 4 is 11.6 Å². The van der Waals surface area contributed by atoms with Gasteiger partial charge < -0.3 is 4.48 Å². The van der Waals surface area contributed by atoms with Crippen LogP contribution in [0.1, 0.15) is 0 Å². The molecule has 0 bridgehead atoms. The van der Waals surface area contributed by atoms with Crippen molar-refractivity contribution in [1.29, 1.82) is 0 Å². The van der Waals surface area contributed by atoms with E-state index in [1.165, 1.54) is 0 Å².